The third-order valence-electron chi connectivity index (χ3n) is 5.65. The lowest BCUT2D eigenvalue weighted by Gasteiger charge is -2.50. The summed E-state index contributed by atoms with van der Waals surface area (Å²) in [6.07, 6.45) is 1.50. The Morgan fingerprint density at radius 3 is 2.65 bits per heavy atom. The first-order chi connectivity index (χ1) is 10.7. The molecule has 0 saturated heterocycles. The number of nitrogens with zero attached hydrogens (tertiary/aromatic N) is 1. The van der Waals surface area contributed by atoms with Crippen molar-refractivity contribution in [1.29, 1.82) is 0 Å². The quantitative estimate of drug-likeness (QED) is 0.814. The van der Waals surface area contributed by atoms with Gasteiger partial charge in [-0.2, -0.15) is 13.2 Å². The lowest BCUT2D eigenvalue weighted by atomic mass is 9.64. The molecule has 1 N–H and O–H groups in total. The largest absolute Gasteiger partial charge is 0.445 e. The third kappa shape index (κ3) is 2.82. The van der Waals surface area contributed by atoms with Crippen molar-refractivity contribution in [2.45, 2.75) is 57.9 Å². The van der Waals surface area contributed by atoms with Gasteiger partial charge in [-0.05, 0) is 30.2 Å². The van der Waals surface area contributed by atoms with Gasteiger partial charge >= 0.3 is 6.18 Å². The van der Waals surface area contributed by atoms with Gasteiger partial charge in [0.05, 0.1) is 5.56 Å². The van der Waals surface area contributed by atoms with Crippen LogP contribution in [0, 0.1) is 17.3 Å². The fourth-order valence-corrected chi connectivity index (χ4v) is 4.00. The van der Waals surface area contributed by atoms with Gasteiger partial charge in [-0.25, -0.2) is 4.98 Å². The molecule has 4 unspecified atom stereocenters. The van der Waals surface area contributed by atoms with Gasteiger partial charge < -0.3 is 9.84 Å². The zero-order chi connectivity index (χ0) is 16.9. The van der Waals surface area contributed by atoms with Crippen molar-refractivity contribution < 1.29 is 23.0 Å². The monoisotopic (exact) mass is 329 g/mol. The second-order valence-electron chi connectivity index (χ2n) is 7.00. The van der Waals surface area contributed by atoms with Crippen LogP contribution in [0.1, 0.15) is 51.5 Å². The van der Waals surface area contributed by atoms with Crippen LogP contribution in [-0.4, -0.2) is 15.9 Å². The molecule has 23 heavy (non-hydrogen) atoms. The third-order valence-corrected chi connectivity index (χ3v) is 5.65. The number of rotatable bonds is 5. The van der Waals surface area contributed by atoms with E-state index in [9.17, 15) is 18.3 Å². The van der Waals surface area contributed by atoms with Gasteiger partial charge in [0.2, 0.25) is 11.7 Å². The first-order valence-corrected chi connectivity index (χ1v) is 8.16. The summed E-state index contributed by atoms with van der Waals surface area (Å²) in [7, 11) is 0. The minimum absolute atomic E-state index is 0.0269. The summed E-state index contributed by atoms with van der Waals surface area (Å²) < 4.78 is 43.1. The van der Waals surface area contributed by atoms with Gasteiger partial charge in [-0.3, -0.25) is 0 Å². The Hall–Kier alpha value is -1.30. The van der Waals surface area contributed by atoms with Crippen LogP contribution in [0.4, 0.5) is 13.2 Å². The molecule has 2 aliphatic carbocycles. The second kappa shape index (κ2) is 5.36. The number of unbranched alkanes of at least 4 members (excludes halogenated alkanes) is 1. The Labute approximate surface area is 133 Å². The molecule has 2 aliphatic rings. The van der Waals surface area contributed by atoms with Gasteiger partial charge in [0.25, 0.3) is 0 Å². The molecule has 2 saturated carbocycles. The van der Waals surface area contributed by atoms with E-state index in [4.69, 9.17) is 4.74 Å². The molecule has 0 bridgehead atoms. The van der Waals surface area contributed by atoms with E-state index < -0.39 is 17.5 Å². The van der Waals surface area contributed by atoms with Crippen molar-refractivity contribution in [2.24, 2.45) is 17.3 Å². The normalized spacial score (nSPS) is 35.9. The minimum Gasteiger partial charge on any atom is -0.445 e. The fraction of sp³-hybridized carbons (Fsp3) is 0.706. The van der Waals surface area contributed by atoms with E-state index in [1.165, 1.54) is 18.9 Å². The molecule has 1 aromatic rings. The van der Waals surface area contributed by atoms with Crippen LogP contribution in [0.25, 0.3) is 0 Å². The lowest BCUT2D eigenvalue weighted by Crippen LogP contribution is -2.59. The smallest absolute Gasteiger partial charge is 0.417 e. The summed E-state index contributed by atoms with van der Waals surface area (Å²) >= 11 is 0. The first-order valence-electron chi connectivity index (χ1n) is 8.16. The van der Waals surface area contributed by atoms with Crippen LogP contribution in [0.2, 0.25) is 0 Å². The lowest BCUT2D eigenvalue weighted by molar-refractivity contribution is -0.272. The molecular weight excluding hydrogens is 307 g/mol. The molecule has 0 radical (unpaired) electrons. The second-order valence-corrected chi connectivity index (χ2v) is 7.00. The molecule has 0 aliphatic heterocycles. The number of halogens is 3. The zero-order valence-electron chi connectivity index (χ0n) is 13.4. The molecule has 1 spiro atoms. The average molecular weight is 329 g/mol. The molecule has 2 fully saturated rings. The Kier molecular flexibility index (Phi) is 3.86. The van der Waals surface area contributed by atoms with Gasteiger partial charge in [-0.1, -0.05) is 26.7 Å². The molecule has 0 aromatic carbocycles. The SMILES string of the molecule is CCCCC1CC12CC(O)(Oc1ccc(C(F)(F)F)cn1)C2C. The Morgan fingerprint density at radius 1 is 1.39 bits per heavy atom. The number of alkyl halides is 3. The summed E-state index contributed by atoms with van der Waals surface area (Å²) in [6.45, 7) is 4.12. The van der Waals surface area contributed by atoms with E-state index >= 15 is 0 Å². The highest BCUT2D eigenvalue weighted by Gasteiger charge is 2.73. The number of aliphatic hydroxyl groups is 1. The van der Waals surface area contributed by atoms with Gasteiger partial charge in [-0.15, -0.1) is 0 Å². The summed E-state index contributed by atoms with van der Waals surface area (Å²) in [6, 6.07) is 2.09. The van der Waals surface area contributed by atoms with E-state index in [0.29, 0.717) is 12.3 Å². The summed E-state index contributed by atoms with van der Waals surface area (Å²) in [5.74, 6) is -0.663. The molecule has 6 heteroatoms. The van der Waals surface area contributed by atoms with Gasteiger partial charge in [0, 0.05) is 24.6 Å². The van der Waals surface area contributed by atoms with E-state index in [1.807, 2.05) is 6.92 Å². The van der Waals surface area contributed by atoms with Crippen molar-refractivity contribution in [3.63, 3.8) is 0 Å². The summed E-state index contributed by atoms with van der Waals surface area (Å²) in [5, 5.41) is 10.6. The number of hydrogen-bond acceptors (Lipinski definition) is 3. The van der Waals surface area contributed by atoms with Crippen LogP contribution >= 0.6 is 0 Å². The van der Waals surface area contributed by atoms with E-state index in [2.05, 4.69) is 11.9 Å². The molecule has 1 aromatic heterocycles. The Bertz CT molecular complexity index is 574. The van der Waals surface area contributed by atoms with Crippen molar-refractivity contribution in [2.75, 3.05) is 0 Å². The first kappa shape index (κ1) is 16.6. The van der Waals surface area contributed by atoms with Gasteiger partial charge in [0.15, 0.2) is 0 Å². The molecule has 0 amide bonds. The molecular formula is C17H22F3NO2. The van der Waals surface area contributed by atoms with E-state index in [1.54, 1.807) is 0 Å². The number of ether oxygens (including phenoxy) is 1. The number of pyridine rings is 1. The Balaban J connectivity index is 1.61. The highest BCUT2D eigenvalue weighted by atomic mass is 19.4. The van der Waals surface area contributed by atoms with Crippen LogP contribution in [0.5, 0.6) is 5.88 Å². The van der Waals surface area contributed by atoms with Crippen LogP contribution in [-0.2, 0) is 6.18 Å². The highest BCUT2D eigenvalue weighted by Crippen LogP contribution is 2.73. The van der Waals surface area contributed by atoms with Crippen molar-refractivity contribution >= 4 is 0 Å². The standard InChI is InChI=1S/C17H22F3NO2/c1-3-4-5-12-8-15(12)10-16(22,11(15)2)23-14-7-6-13(9-21-14)17(18,19)20/h6-7,9,11-12,22H,3-5,8,10H2,1-2H3. The molecule has 3 rings (SSSR count). The summed E-state index contributed by atoms with van der Waals surface area (Å²) in [4.78, 5) is 3.68. The van der Waals surface area contributed by atoms with Crippen molar-refractivity contribution in [1.82, 2.24) is 4.98 Å². The summed E-state index contributed by atoms with van der Waals surface area (Å²) in [5.41, 5.74) is -0.660. The topological polar surface area (TPSA) is 42.4 Å². The molecule has 128 valence electrons. The van der Waals surface area contributed by atoms with Crippen LogP contribution < -0.4 is 4.74 Å². The average Bonchev–Trinajstić information content (AvgIpc) is 3.19. The zero-order valence-corrected chi connectivity index (χ0v) is 13.4. The highest BCUT2D eigenvalue weighted by molar-refractivity contribution is 5.23. The predicted molar refractivity (Wildman–Crippen MR) is 78.7 cm³/mol. The molecule has 1 heterocycles. The number of hydrogen-bond donors (Lipinski definition) is 1. The van der Waals surface area contributed by atoms with Crippen molar-refractivity contribution in [3.05, 3.63) is 23.9 Å². The van der Waals surface area contributed by atoms with Crippen LogP contribution in [0.15, 0.2) is 18.3 Å². The van der Waals surface area contributed by atoms with E-state index in [-0.39, 0.29) is 17.2 Å². The maximum absolute atomic E-state index is 12.5. The molecule has 3 nitrogen and oxygen atoms in total. The maximum atomic E-state index is 12.5. The predicted octanol–water partition coefficient (Wildman–Crippen LogP) is 4.40. The van der Waals surface area contributed by atoms with Crippen LogP contribution in [0.3, 0.4) is 0 Å². The number of aromatic nitrogens is 1. The molecule has 4 atom stereocenters. The maximum Gasteiger partial charge on any atom is 0.417 e. The fourth-order valence-electron chi connectivity index (χ4n) is 4.00. The minimum atomic E-state index is -4.42. The van der Waals surface area contributed by atoms with Gasteiger partial charge in [0.1, 0.15) is 0 Å². The Morgan fingerprint density at radius 2 is 2.13 bits per heavy atom. The van der Waals surface area contributed by atoms with Crippen molar-refractivity contribution in [3.8, 4) is 5.88 Å². The van der Waals surface area contributed by atoms with E-state index in [0.717, 1.165) is 25.1 Å².